The first kappa shape index (κ1) is 17.5. The van der Waals surface area contributed by atoms with Crippen LogP contribution in [-0.4, -0.2) is 43.6 Å². The number of aromatic nitrogens is 4. The highest BCUT2D eigenvalue weighted by atomic mass is 16.2. The van der Waals surface area contributed by atoms with Crippen LogP contribution in [-0.2, 0) is 0 Å². The Morgan fingerprint density at radius 1 is 1.19 bits per heavy atom. The molecule has 0 unspecified atom stereocenters. The van der Waals surface area contributed by atoms with Crippen LogP contribution in [0.2, 0.25) is 0 Å². The number of imidazole rings is 1. The lowest BCUT2D eigenvalue weighted by Gasteiger charge is -2.33. The number of nitrogens with zero attached hydrogens (tertiary/aromatic N) is 4. The Morgan fingerprint density at radius 3 is 2.70 bits per heavy atom. The molecular formula is C21H25N5O. The lowest BCUT2D eigenvalue weighted by atomic mass is 9.96. The zero-order valence-corrected chi connectivity index (χ0v) is 15.8. The summed E-state index contributed by atoms with van der Waals surface area (Å²) in [6.45, 7) is 5.86. The molecule has 0 aliphatic carbocycles. The molecule has 1 saturated heterocycles. The van der Waals surface area contributed by atoms with E-state index in [1.54, 1.807) is 6.20 Å². The van der Waals surface area contributed by atoms with Gasteiger partial charge in [-0.15, -0.1) is 0 Å². The number of H-pyrrole nitrogens is 1. The molecule has 6 nitrogen and oxygen atoms in total. The second kappa shape index (κ2) is 7.39. The number of piperidine rings is 1. The molecule has 1 aliphatic heterocycles. The number of rotatable bonds is 4. The summed E-state index contributed by atoms with van der Waals surface area (Å²) in [5.74, 6) is 1.49. The lowest BCUT2D eigenvalue weighted by Crippen LogP contribution is -2.39. The van der Waals surface area contributed by atoms with Crippen molar-refractivity contribution in [2.24, 2.45) is 0 Å². The van der Waals surface area contributed by atoms with E-state index in [2.05, 4.69) is 33.6 Å². The molecule has 3 heterocycles. The summed E-state index contributed by atoms with van der Waals surface area (Å²) in [7, 11) is 0. The van der Waals surface area contributed by atoms with Crippen molar-refractivity contribution >= 4 is 5.91 Å². The lowest BCUT2D eigenvalue weighted by molar-refractivity contribution is 0.0703. The van der Waals surface area contributed by atoms with Gasteiger partial charge in [0.15, 0.2) is 0 Å². The van der Waals surface area contributed by atoms with Crippen LogP contribution >= 0.6 is 0 Å². The third-order valence-corrected chi connectivity index (χ3v) is 5.27. The molecule has 1 amide bonds. The summed E-state index contributed by atoms with van der Waals surface area (Å²) in [5.41, 5.74) is 2.71. The summed E-state index contributed by atoms with van der Waals surface area (Å²) in [6.07, 6.45) is 7.71. The van der Waals surface area contributed by atoms with Gasteiger partial charge >= 0.3 is 0 Å². The van der Waals surface area contributed by atoms with Gasteiger partial charge in [-0.1, -0.05) is 12.1 Å². The van der Waals surface area contributed by atoms with Gasteiger partial charge in [0.2, 0.25) is 0 Å². The summed E-state index contributed by atoms with van der Waals surface area (Å²) in [5, 5.41) is 6.92. The first-order valence-corrected chi connectivity index (χ1v) is 9.55. The van der Waals surface area contributed by atoms with Gasteiger partial charge in [-0.2, -0.15) is 5.10 Å². The topological polar surface area (TPSA) is 66.8 Å². The standard InChI is InChI=1S/C21H25N5O/c1-15(2)26-13-11-22-20(26)18-4-3-12-25(14-18)21(27)17-7-5-16(6-8-17)19-9-10-23-24-19/h5-11,13,15,18H,3-4,12,14H2,1-2H3,(H,23,24)/t18-/m0/s1. The molecule has 6 heteroatoms. The Hall–Kier alpha value is -2.89. The summed E-state index contributed by atoms with van der Waals surface area (Å²) in [6, 6.07) is 10.0. The van der Waals surface area contributed by atoms with Crippen molar-refractivity contribution in [2.75, 3.05) is 13.1 Å². The predicted molar refractivity (Wildman–Crippen MR) is 105 cm³/mol. The second-order valence-corrected chi connectivity index (χ2v) is 7.42. The third kappa shape index (κ3) is 3.52. The van der Waals surface area contributed by atoms with Crippen molar-refractivity contribution in [2.45, 2.75) is 38.6 Å². The highest BCUT2D eigenvalue weighted by Crippen LogP contribution is 2.28. The minimum absolute atomic E-state index is 0.0958. The minimum atomic E-state index is 0.0958. The van der Waals surface area contributed by atoms with E-state index in [1.165, 1.54) is 0 Å². The van der Waals surface area contributed by atoms with E-state index in [0.29, 0.717) is 12.0 Å². The molecule has 140 valence electrons. The number of carbonyl (C=O) groups excluding carboxylic acids is 1. The maximum Gasteiger partial charge on any atom is 0.253 e. The van der Waals surface area contributed by atoms with Crippen LogP contribution in [0.5, 0.6) is 0 Å². The van der Waals surface area contributed by atoms with Gasteiger partial charge in [0, 0.05) is 49.2 Å². The molecule has 0 spiro atoms. The monoisotopic (exact) mass is 363 g/mol. The van der Waals surface area contributed by atoms with E-state index in [0.717, 1.165) is 48.6 Å². The summed E-state index contributed by atoms with van der Waals surface area (Å²) >= 11 is 0. The van der Waals surface area contributed by atoms with E-state index in [9.17, 15) is 4.79 Å². The van der Waals surface area contributed by atoms with Crippen molar-refractivity contribution in [1.82, 2.24) is 24.6 Å². The second-order valence-electron chi connectivity index (χ2n) is 7.42. The molecule has 3 aromatic rings. The van der Waals surface area contributed by atoms with Crippen LogP contribution in [0.25, 0.3) is 11.3 Å². The first-order valence-electron chi connectivity index (χ1n) is 9.55. The Morgan fingerprint density at radius 2 is 2.00 bits per heavy atom. The average Bonchev–Trinajstić information content (AvgIpc) is 3.39. The fourth-order valence-electron chi connectivity index (χ4n) is 3.84. The molecule has 4 rings (SSSR count). The molecule has 2 aromatic heterocycles. The van der Waals surface area contributed by atoms with Gasteiger partial charge in [0.1, 0.15) is 5.82 Å². The van der Waals surface area contributed by atoms with Gasteiger partial charge in [-0.25, -0.2) is 4.98 Å². The van der Waals surface area contributed by atoms with E-state index in [-0.39, 0.29) is 5.91 Å². The van der Waals surface area contributed by atoms with Crippen molar-refractivity contribution in [3.63, 3.8) is 0 Å². The van der Waals surface area contributed by atoms with Crippen LogP contribution in [0.1, 0.15) is 54.8 Å². The van der Waals surface area contributed by atoms with Crippen LogP contribution in [0.15, 0.2) is 48.9 Å². The molecule has 1 atom stereocenters. The molecule has 0 bridgehead atoms. The average molecular weight is 363 g/mol. The van der Waals surface area contributed by atoms with E-state index in [4.69, 9.17) is 0 Å². The SMILES string of the molecule is CC(C)n1ccnc1[C@H]1CCCN(C(=O)c2ccc(-c3ccn[nH]3)cc2)C1. The van der Waals surface area contributed by atoms with Gasteiger partial charge in [-0.05, 0) is 50.5 Å². The highest BCUT2D eigenvalue weighted by molar-refractivity contribution is 5.94. The largest absolute Gasteiger partial charge is 0.338 e. The number of hydrogen-bond donors (Lipinski definition) is 1. The van der Waals surface area contributed by atoms with Gasteiger partial charge in [0.25, 0.3) is 5.91 Å². The van der Waals surface area contributed by atoms with Gasteiger partial charge in [-0.3, -0.25) is 9.89 Å². The van der Waals surface area contributed by atoms with E-state index in [1.807, 2.05) is 47.6 Å². The molecule has 27 heavy (non-hydrogen) atoms. The zero-order valence-electron chi connectivity index (χ0n) is 15.8. The fourth-order valence-corrected chi connectivity index (χ4v) is 3.84. The number of nitrogens with one attached hydrogen (secondary N) is 1. The molecule has 0 saturated carbocycles. The molecule has 1 aliphatic rings. The van der Waals surface area contributed by atoms with E-state index >= 15 is 0 Å². The smallest absolute Gasteiger partial charge is 0.253 e. The molecule has 0 radical (unpaired) electrons. The molecule has 1 aromatic carbocycles. The Labute approximate surface area is 159 Å². The summed E-state index contributed by atoms with van der Waals surface area (Å²) < 4.78 is 2.22. The Bertz CT molecular complexity index is 895. The Balaban J connectivity index is 1.49. The van der Waals surface area contributed by atoms with Crippen molar-refractivity contribution in [3.05, 3.63) is 60.3 Å². The minimum Gasteiger partial charge on any atom is -0.338 e. The zero-order chi connectivity index (χ0) is 18.8. The van der Waals surface area contributed by atoms with Crippen LogP contribution in [0.4, 0.5) is 0 Å². The molecule has 1 N–H and O–H groups in total. The number of carbonyl (C=O) groups is 1. The maximum atomic E-state index is 13.0. The number of aromatic amines is 1. The molecule has 1 fully saturated rings. The van der Waals surface area contributed by atoms with Gasteiger partial charge < -0.3 is 9.47 Å². The number of benzene rings is 1. The van der Waals surface area contributed by atoms with E-state index < -0.39 is 0 Å². The number of amides is 1. The highest BCUT2D eigenvalue weighted by Gasteiger charge is 2.28. The van der Waals surface area contributed by atoms with Crippen molar-refractivity contribution < 1.29 is 4.79 Å². The summed E-state index contributed by atoms with van der Waals surface area (Å²) in [4.78, 5) is 19.6. The number of hydrogen-bond acceptors (Lipinski definition) is 3. The first-order chi connectivity index (χ1) is 13.1. The van der Waals surface area contributed by atoms with Crippen molar-refractivity contribution in [1.29, 1.82) is 0 Å². The van der Waals surface area contributed by atoms with Gasteiger partial charge in [0.05, 0.1) is 5.69 Å². The quantitative estimate of drug-likeness (QED) is 0.765. The fraction of sp³-hybridized carbons (Fsp3) is 0.381. The predicted octanol–water partition coefficient (Wildman–Crippen LogP) is 3.87. The maximum absolute atomic E-state index is 13.0. The third-order valence-electron chi connectivity index (χ3n) is 5.27. The number of likely N-dealkylation sites (tertiary alicyclic amines) is 1. The Kier molecular flexibility index (Phi) is 4.79. The normalized spacial score (nSPS) is 17.4. The van der Waals surface area contributed by atoms with Crippen LogP contribution < -0.4 is 0 Å². The van der Waals surface area contributed by atoms with Crippen LogP contribution in [0, 0.1) is 0 Å². The van der Waals surface area contributed by atoms with Crippen molar-refractivity contribution in [3.8, 4) is 11.3 Å². The molecular weight excluding hydrogens is 338 g/mol. The van der Waals surface area contributed by atoms with Crippen LogP contribution in [0.3, 0.4) is 0 Å².